The quantitative estimate of drug-likeness (QED) is 0.214. The van der Waals surface area contributed by atoms with Crippen molar-refractivity contribution in [1.29, 1.82) is 0 Å². The van der Waals surface area contributed by atoms with Crippen molar-refractivity contribution in [1.82, 2.24) is 4.90 Å². The maximum atomic E-state index is 9.60. The van der Waals surface area contributed by atoms with Crippen LogP contribution in [0.25, 0.3) is 0 Å². The molecule has 0 aliphatic heterocycles. The van der Waals surface area contributed by atoms with E-state index in [1.54, 1.807) is 0 Å². The monoisotopic (exact) mass is 369 g/mol. The van der Waals surface area contributed by atoms with Gasteiger partial charge >= 0.3 is 0 Å². The Bertz CT molecular complexity index is 235. The molecule has 1 unspecified atom stereocenters. The van der Waals surface area contributed by atoms with Crippen molar-refractivity contribution in [2.75, 3.05) is 19.6 Å². The van der Waals surface area contributed by atoms with E-state index in [0.29, 0.717) is 0 Å². The molecule has 0 aliphatic carbocycles. The minimum absolute atomic E-state index is 0.158. The zero-order valence-electron chi connectivity index (χ0n) is 18.6. The Balaban J connectivity index is 3.67. The number of nitrogens with zero attached hydrogens (tertiary/aromatic N) is 1. The predicted octanol–water partition coefficient (Wildman–Crippen LogP) is 7.34. The first-order valence-electron chi connectivity index (χ1n) is 12.1. The highest BCUT2D eigenvalue weighted by Crippen LogP contribution is 2.11. The molecule has 0 aliphatic rings. The van der Waals surface area contributed by atoms with Crippen LogP contribution in [0.15, 0.2) is 0 Å². The van der Waals surface area contributed by atoms with Gasteiger partial charge in [-0.1, -0.05) is 104 Å². The molecule has 0 rings (SSSR count). The van der Waals surface area contributed by atoms with Gasteiger partial charge in [0.15, 0.2) is 0 Å². The molecule has 0 heterocycles. The van der Waals surface area contributed by atoms with E-state index < -0.39 is 0 Å². The topological polar surface area (TPSA) is 23.5 Å². The van der Waals surface area contributed by atoms with Crippen molar-refractivity contribution >= 4 is 0 Å². The molecule has 0 aromatic rings. The predicted molar refractivity (Wildman–Crippen MR) is 118 cm³/mol. The lowest BCUT2D eigenvalue weighted by Gasteiger charge is -2.23. The normalized spacial score (nSPS) is 12.8. The van der Waals surface area contributed by atoms with E-state index in [1.165, 1.54) is 116 Å². The minimum atomic E-state index is -0.158. The van der Waals surface area contributed by atoms with Crippen LogP contribution in [-0.2, 0) is 0 Å². The summed E-state index contributed by atoms with van der Waals surface area (Å²) in [5.41, 5.74) is 0. The molecule has 26 heavy (non-hydrogen) atoms. The van der Waals surface area contributed by atoms with E-state index in [9.17, 15) is 5.11 Å². The summed E-state index contributed by atoms with van der Waals surface area (Å²) in [6.45, 7) is 10.0. The highest BCUT2D eigenvalue weighted by atomic mass is 16.3. The van der Waals surface area contributed by atoms with Crippen molar-refractivity contribution < 1.29 is 5.11 Å². The van der Waals surface area contributed by atoms with Crippen LogP contribution in [0.3, 0.4) is 0 Å². The van der Waals surface area contributed by atoms with Crippen LogP contribution in [0.1, 0.15) is 130 Å². The van der Waals surface area contributed by atoms with Gasteiger partial charge in [0.2, 0.25) is 0 Å². The van der Waals surface area contributed by atoms with Gasteiger partial charge in [0.05, 0.1) is 6.10 Å². The molecule has 0 aromatic heterocycles. The van der Waals surface area contributed by atoms with Crippen molar-refractivity contribution in [2.24, 2.45) is 0 Å². The van der Waals surface area contributed by atoms with Gasteiger partial charge in [-0.05, 0) is 39.3 Å². The molecule has 0 amide bonds. The van der Waals surface area contributed by atoms with Crippen molar-refractivity contribution in [3.05, 3.63) is 0 Å². The maximum Gasteiger partial charge on any atom is 0.0524 e. The molecule has 0 saturated heterocycles. The maximum absolute atomic E-state index is 9.60. The smallest absolute Gasteiger partial charge is 0.0524 e. The van der Waals surface area contributed by atoms with Crippen LogP contribution in [0.5, 0.6) is 0 Å². The van der Waals surface area contributed by atoms with Gasteiger partial charge in [0.1, 0.15) is 0 Å². The number of rotatable bonds is 21. The summed E-state index contributed by atoms with van der Waals surface area (Å²) < 4.78 is 0. The Morgan fingerprint density at radius 1 is 0.538 bits per heavy atom. The first-order chi connectivity index (χ1) is 12.7. The van der Waals surface area contributed by atoms with Crippen molar-refractivity contribution in [2.45, 2.75) is 136 Å². The van der Waals surface area contributed by atoms with E-state index >= 15 is 0 Å². The van der Waals surface area contributed by atoms with Gasteiger partial charge in [-0.25, -0.2) is 0 Å². The van der Waals surface area contributed by atoms with Crippen LogP contribution >= 0.6 is 0 Å². The SMILES string of the molecule is CCCCCCCCCCN(CCCCCCCCCC)CCC(C)O. The molecular formula is C24H51NO. The summed E-state index contributed by atoms with van der Waals surface area (Å²) in [6.07, 6.45) is 23.1. The zero-order chi connectivity index (χ0) is 19.3. The lowest BCUT2D eigenvalue weighted by molar-refractivity contribution is 0.154. The molecule has 2 heteroatoms. The number of hydrogen-bond acceptors (Lipinski definition) is 2. The highest BCUT2D eigenvalue weighted by molar-refractivity contribution is 4.62. The number of aliphatic hydroxyl groups excluding tert-OH is 1. The molecule has 0 saturated carbocycles. The molecule has 158 valence electrons. The highest BCUT2D eigenvalue weighted by Gasteiger charge is 2.06. The zero-order valence-corrected chi connectivity index (χ0v) is 18.6. The Morgan fingerprint density at radius 2 is 0.885 bits per heavy atom. The number of aliphatic hydroxyl groups is 1. The molecule has 2 nitrogen and oxygen atoms in total. The fraction of sp³-hybridized carbons (Fsp3) is 1.00. The fourth-order valence-electron chi connectivity index (χ4n) is 3.64. The second kappa shape index (κ2) is 21.2. The van der Waals surface area contributed by atoms with Crippen LogP contribution < -0.4 is 0 Å². The average molecular weight is 370 g/mol. The largest absolute Gasteiger partial charge is 0.393 e. The van der Waals surface area contributed by atoms with Gasteiger partial charge in [-0.2, -0.15) is 0 Å². The third-order valence-electron chi connectivity index (χ3n) is 5.52. The van der Waals surface area contributed by atoms with E-state index in [2.05, 4.69) is 18.7 Å². The lowest BCUT2D eigenvalue weighted by atomic mass is 10.1. The average Bonchev–Trinajstić information content (AvgIpc) is 2.63. The third-order valence-corrected chi connectivity index (χ3v) is 5.52. The van der Waals surface area contributed by atoms with E-state index in [1.807, 2.05) is 6.92 Å². The summed E-state index contributed by atoms with van der Waals surface area (Å²) in [7, 11) is 0. The van der Waals surface area contributed by atoms with Gasteiger partial charge in [-0.3, -0.25) is 0 Å². The summed E-state index contributed by atoms with van der Waals surface area (Å²) in [6, 6.07) is 0. The van der Waals surface area contributed by atoms with Crippen LogP contribution in [0.2, 0.25) is 0 Å². The van der Waals surface area contributed by atoms with Crippen LogP contribution in [-0.4, -0.2) is 35.7 Å². The molecule has 0 spiro atoms. The summed E-state index contributed by atoms with van der Waals surface area (Å²) in [4.78, 5) is 2.61. The van der Waals surface area contributed by atoms with Crippen LogP contribution in [0, 0.1) is 0 Å². The van der Waals surface area contributed by atoms with Gasteiger partial charge in [-0.15, -0.1) is 0 Å². The Hall–Kier alpha value is -0.0800. The second-order valence-electron chi connectivity index (χ2n) is 8.43. The molecular weight excluding hydrogens is 318 g/mol. The first-order valence-corrected chi connectivity index (χ1v) is 12.1. The first kappa shape index (κ1) is 25.9. The van der Waals surface area contributed by atoms with Gasteiger partial charge < -0.3 is 10.0 Å². The molecule has 0 radical (unpaired) electrons. The van der Waals surface area contributed by atoms with Gasteiger partial charge in [0.25, 0.3) is 0 Å². The number of hydrogen-bond donors (Lipinski definition) is 1. The van der Waals surface area contributed by atoms with Crippen molar-refractivity contribution in [3.8, 4) is 0 Å². The molecule has 0 aromatic carbocycles. The Kier molecular flexibility index (Phi) is 21.2. The van der Waals surface area contributed by atoms with E-state index in [0.717, 1.165) is 13.0 Å². The fourth-order valence-corrected chi connectivity index (χ4v) is 3.64. The summed E-state index contributed by atoms with van der Waals surface area (Å²) >= 11 is 0. The number of unbranched alkanes of at least 4 members (excludes halogenated alkanes) is 14. The second-order valence-corrected chi connectivity index (χ2v) is 8.43. The molecule has 1 N–H and O–H groups in total. The molecule has 1 atom stereocenters. The van der Waals surface area contributed by atoms with Gasteiger partial charge in [0, 0.05) is 6.54 Å². The third kappa shape index (κ3) is 20.2. The minimum Gasteiger partial charge on any atom is -0.393 e. The Morgan fingerprint density at radius 3 is 1.23 bits per heavy atom. The summed E-state index contributed by atoms with van der Waals surface area (Å²) in [5, 5.41) is 9.60. The van der Waals surface area contributed by atoms with Crippen molar-refractivity contribution in [3.63, 3.8) is 0 Å². The summed E-state index contributed by atoms with van der Waals surface area (Å²) in [5.74, 6) is 0. The lowest BCUT2D eigenvalue weighted by Crippen LogP contribution is -2.29. The van der Waals surface area contributed by atoms with Crippen LogP contribution in [0.4, 0.5) is 0 Å². The standard InChI is InChI=1S/C24H51NO/c1-4-6-8-10-12-14-16-18-21-25(23-20-24(3)26)22-19-17-15-13-11-9-7-5-2/h24,26H,4-23H2,1-3H3. The molecule has 0 fully saturated rings. The Labute approximate surface area is 166 Å². The van der Waals surface area contributed by atoms with E-state index in [-0.39, 0.29) is 6.10 Å². The molecule has 0 bridgehead atoms. The van der Waals surface area contributed by atoms with E-state index in [4.69, 9.17) is 0 Å².